The van der Waals surface area contributed by atoms with Gasteiger partial charge in [-0.05, 0) is 36.0 Å². The van der Waals surface area contributed by atoms with Gasteiger partial charge in [0.2, 0.25) is 10.5 Å². The minimum Gasteiger partial charge on any atom is -0.480 e. The monoisotopic (exact) mass is 252 g/mol. The Balaban J connectivity index is 3.16. The Morgan fingerprint density at radius 1 is 1.20 bits per heavy atom. The van der Waals surface area contributed by atoms with E-state index in [2.05, 4.69) is 0 Å². The number of halogens is 2. The molecule has 1 aliphatic rings. The fourth-order valence-corrected chi connectivity index (χ4v) is 2.66. The molecule has 0 heterocycles. The van der Waals surface area contributed by atoms with E-state index in [1.807, 2.05) is 0 Å². The quantitative estimate of drug-likeness (QED) is 0.614. The van der Waals surface area contributed by atoms with Gasteiger partial charge in [0.05, 0.1) is 5.92 Å². The molecule has 0 aromatic heterocycles. The highest BCUT2D eigenvalue weighted by Gasteiger charge is 2.55. The van der Waals surface area contributed by atoms with Crippen LogP contribution >= 0.6 is 23.2 Å². The maximum atomic E-state index is 11.3. The summed E-state index contributed by atoms with van der Waals surface area (Å²) in [5.74, 6) is -2.36. The Morgan fingerprint density at radius 3 is 2.13 bits per heavy atom. The van der Waals surface area contributed by atoms with Crippen molar-refractivity contribution in [2.24, 2.45) is 11.3 Å². The third-order valence-electron chi connectivity index (χ3n) is 2.92. The van der Waals surface area contributed by atoms with Crippen molar-refractivity contribution in [3.05, 3.63) is 0 Å². The lowest BCUT2D eigenvalue weighted by Gasteiger charge is -2.35. The first-order valence-corrected chi connectivity index (χ1v) is 5.31. The fraction of sp³-hybridized carbons (Fsp3) is 0.667. The largest absolute Gasteiger partial charge is 0.480 e. The molecule has 0 amide bonds. The summed E-state index contributed by atoms with van der Waals surface area (Å²) >= 11 is 10.6. The lowest BCUT2D eigenvalue weighted by Crippen LogP contribution is -2.48. The van der Waals surface area contributed by atoms with E-state index in [0.717, 1.165) is 0 Å². The van der Waals surface area contributed by atoms with Gasteiger partial charge in [-0.25, -0.2) is 0 Å². The van der Waals surface area contributed by atoms with Crippen molar-refractivity contribution in [1.29, 1.82) is 0 Å². The first kappa shape index (κ1) is 12.5. The summed E-state index contributed by atoms with van der Waals surface area (Å²) in [6.07, 6.45) is 1.62. The highest BCUT2D eigenvalue weighted by molar-refractivity contribution is 6.68. The number of carbonyl (C=O) groups is 3. The van der Waals surface area contributed by atoms with Crippen molar-refractivity contribution in [2.75, 3.05) is 0 Å². The van der Waals surface area contributed by atoms with Crippen LogP contribution in [0.1, 0.15) is 25.7 Å². The minimum absolute atomic E-state index is 0.0772. The normalized spacial score (nSPS) is 30.9. The molecule has 1 fully saturated rings. The smallest absolute Gasteiger partial charge is 0.319 e. The molecule has 1 aliphatic carbocycles. The van der Waals surface area contributed by atoms with Gasteiger partial charge in [0.1, 0.15) is 0 Å². The van der Waals surface area contributed by atoms with Crippen molar-refractivity contribution in [3.63, 3.8) is 0 Å². The van der Waals surface area contributed by atoms with Crippen molar-refractivity contribution in [3.8, 4) is 0 Å². The summed E-state index contributed by atoms with van der Waals surface area (Å²) in [5.41, 5.74) is -1.82. The van der Waals surface area contributed by atoms with Crippen LogP contribution in [-0.2, 0) is 14.4 Å². The van der Waals surface area contributed by atoms with Gasteiger partial charge in [0.15, 0.2) is 5.41 Å². The summed E-state index contributed by atoms with van der Waals surface area (Å²) in [7, 11) is 0. The van der Waals surface area contributed by atoms with Crippen molar-refractivity contribution in [1.82, 2.24) is 0 Å². The molecule has 4 nitrogen and oxygen atoms in total. The van der Waals surface area contributed by atoms with E-state index in [1.54, 1.807) is 0 Å². The van der Waals surface area contributed by atoms with Crippen LogP contribution in [0.15, 0.2) is 0 Å². The zero-order valence-corrected chi connectivity index (χ0v) is 9.35. The summed E-state index contributed by atoms with van der Waals surface area (Å²) in [6, 6.07) is 0. The lowest BCUT2D eigenvalue weighted by atomic mass is 9.67. The molecule has 0 aliphatic heterocycles. The molecule has 2 atom stereocenters. The average molecular weight is 253 g/mol. The van der Waals surface area contributed by atoms with E-state index >= 15 is 0 Å². The van der Waals surface area contributed by atoms with E-state index in [1.165, 1.54) is 0 Å². The van der Waals surface area contributed by atoms with Gasteiger partial charge in [-0.1, -0.05) is 12.8 Å². The number of carbonyl (C=O) groups excluding carboxylic acids is 2. The molecule has 0 spiro atoms. The van der Waals surface area contributed by atoms with E-state index in [0.29, 0.717) is 19.3 Å². The van der Waals surface area contributed by atoms with Crippen molar-refractivity contribution in [2.45, 2.75) is 25.7 Å². The number of aliphatic carboxylic acids is 1. The summed E-state index contributed by atoms with van der Waals surface area (Å²) in [6.45, 7) is 0. The molecule has 0 radical (unpaired) electrons. The van der Waals surface area contributed by atoms with Crippen LogP contribution in [0.25, 0.3) is 0 Å². The van der Waals surface area contributed by atoms with E-state index in [-0.39, 0.29) is 6.42 Å². The average Bonchev–Trinajstić information content (AvgIpc) is 2.16. The molecule has 0 aromatic carbocycles. The van der Waals surface area contributed by atoms with Crippen LogP contribution < -0.4 is 0 Å². The topological polar surface area (TPSA) is 71.4 Å². The van der Waals surface area contributed by atoms with Crippen LogP contribution in [0.2, 0.25) is 0 Å². The first-order valence-electron chi connectivity index (χ1n) is 4.55. The van der Waals surface area contributed by atoms with Gasteiger partial charge in [0, 0.05) is 0 Å². The highest BCUT2D eigenvalue weighted by Crippen LogP contribution is 2.44. The van der Waals surface area contributed by atoms with Gasteiger partial charge in [0.25, 0.3) is 0 Å². The van der Waals surface area contributed by atoms with Crippen molar-refractivity contribution >= 4 is 39.7 Å². The molecule has 0 saturated heterocycles. The molecule has 0 bridgehead atoms. The second-order valence-electron chi connectivity index (χ2n) is 3.65. The fourth-order valence-electron chi connectivity index (χ4n) is 2.06. The second kappa shape index (κ2) is 4.49. The second-order valence-corrected chi connectivity index (χ2v) is 4.37. The molecule has 1 N–H and O–H groups in total. The van der Waals surface area contributed by atoms with E-state index in [9.17, 15) is 14.4 Å². The minimum atomic E-state index is -1.82. The molecular weight excluding hydrogens is 243 g/mol. The standard InChI is InChI=1S/C9H10Cl2O4/c10-6(12)5-3-1-2-4-9(5,7(11)13)8(14)15/h5H,1-4H2,(H,14,15). The zero-order chi connectivity index (χ0) is 11.6. The van der Waals surface area contributed by atoms with Gasteiger partial charge >= 0.3 is 5.97 Å². The molecular formula is C9H10Cl2O4. The summed E-state index contributed by atoms with van der Waals surface area (Å²) in [4.78, 5) is 33.5. The van der Waals surface area contributed by atoms with E-state index < -0.39 is 27.8 Å². The van der Waals surface area contributed by atoms with Gasteiger partial charge in [-0.3, -0.25) is 14.4 Å². The number of hydrogen-bond acceptors (Lipinski definition) is 3. The van der Waals surface area contributed by atoms with Crippen LogP contribution in [0.4, 0.5) is 0 Å². The number of hydrogen-bond donors (Lipinski definition) is 1. The third kappa shape index (κ3) is 2.01. The first-order chi connectivity index (χ1) is 6.93. The Kier molecular flexibility index (Phi) is 3.73. The predicted octanol–water partition coefficient (Wildman–Crippen LogP) is 1.78. The van der Waals surface area contributed by atoms with Crippen molar-refractivity contribution < 1.29 is 19.5 Å². The lowest BCUT2D eigenvalue weighted by molar-refractivity contribution is -0.160. The SMILES string of the molecule is O=C(Cl)C1CCCCC1(C(=O)O)C(=O)Cl. The Morgan fingerprint density at radius 2 is 1.80 bits per heavy atom. The van der Waals surface area contributed by atoms with Crippen LogP contribution in [0, 0.1) is 11.3 Å². The number of rotatable bonds is 3. The molecule has 15 heavy (non-hydrogen) atoms. The van der Waals surface area contributed by atoms with Crippen LogP contribution in [0.5, 0.6) is 0 Å². The summed E-state index contributed by atoms with van der Waals surface area (Å²) in [5, 5.41) is 7.26. The predicted molar refractivity (Wildman–Crippen MR) is 53.7 cm³/mol. The van der Waals surface area contributed by atoms with Gasteiger partial charge in [-0.2, -0.15) is 0 Å². The molecule has 2 unspecified atom stereocenters. The van der Waals surface area contributed by atoms with E-state index in [4.69, 9.17) is 28.3 Å². The zero-order valence-electron chi connectivity index (χ0n) is 7.83. The Labute approximate surface area is 96.5 Å². The van der Waals surface area contributed by atoms with Gasteiger partial charge < -0.3 is 5.11 Å². The summed E-state index contributed by atoms with van der Waals surface area (Å²) < 4.78 is 0. The van der Waals surface area contributed by atoms with Crippen LogP contribution in [0.3, 0.4) is 0 Å². The molecule has 6 heteroatoms. The highest BCUT2D eigenvalue weighted by atomic mass is 35.5. The van der Waals surface area contributed by atoms with Crippen LogP contribution in [-0.4, -0.2) is 21.6 Å². The maximum Gasteiger partial charge on any atom is 0.319 e. The Bertz CT molecular complexity index is 299. The molecule has 1 rings (SSSR count). The Hall–Kier alpha value is -0.610. The number of carboxylic acids is 1. The maximum absolute atomic E-state index is 11.3. The molecule has 1 saturated carbocycles. The molecule has 84 valence electrons. The van der Waals surface area contributed by atoms with Gasteiger partial charge in [-0.15, -0.1) is 0 Å². The number of carboxylic acid groups (broad SMARTS) is 1. The molecule has 0 aromatic rings. The third-order valence-corrected chi connectivity index (χ3v) is 3.52.